The molecule has 1 aromatic carbocycles. The first-order chi connectivity index (χ1) is 7.13. The van der Waals surface area contributed by atoms with E-state index in [1.54, 1.807) is 0 Å². The van der Waals surface area contributed by atoms with Crippen molar-refractivity contribution < 1.29 is 5.11 Å². The van der Waals surface area contributed by atoms with E-state index >= 15 is 0 Å². The minimum absolute atomic E-state index is 0.0113. The molecule has 0 fully saturated rings. The van der Waals surface area contributed by atoms with Gasteiger partial charge in [-0.15, -0.1) is 0 Å². The maximum atomic E-state index is 9.75. The lowest BCUT2D eigenvalue weighted by Gasteiger charge is -2.05. The van der Waals surface area contributed by atoms with Crippen LogP contribution >= 0.6 is 45.8 Å². The maximum absolute atomic E-state index is 9.75. The fourth-order valence-corrected chi connectivity index (χ4v) is 2.26. The Bertz CT molecular complexity index is 530. The fraction of sp³-hybridized carbons (Fsp3) is 0.100. The quantitative estimate of drug-likeness (QED) is 0.616. The predicted molar refractivity (Wildman–Crippen MR) is 71.2 cm³/mol. The van der Waals surface area contributed by atoms with Gasteiger partial charge in [0.15, 0.2) is 5.75 Å². The Morgan fingerprint density at radius 2 is 2.00 bits per heavy atom. The number of benzene rings is 1. The molecule has 1 N–H and O–H groups in total. The van der Waals surface area contributed by atoms with Gasteiger partial charge in [0.2, 0.25) is 0 Å². The van der Waals surface area contributed by atoms with Crippen LogP contribution in [0, 0.1) is 0 Å². The van der Waals surface area contributed by atoms with Crippen molar-refractivity contribution in [3.05, 3.63) is 33.9 Å². The summed E-state index contributed by atoms with van der Waals surface area (Å²) in [6, 6.07) is 5.24. The summed E-state index contributed by atoms with van der Waals surface area (Å²) < 4.78 is 0.775. The molecule has 0 atom stereocenters. The zero-order valence-electron chi connectivity index (χ0n) is 7.47. The average molecular weight is 354 g/mol. The summed E-state index contributed by atoms with van der Waals surface area (Å²) in [5, 5.41) is 11.2. The van der Waals surface area contributed by atoms with Gasteiger partial charge in [-0.25, -0.2) is 4.98 Å². The highest BCUT2D eigenvalue weighted by Crippen LogP contribution is 2.36. The zero-order chi connectivity index (χ0) is 11.0. The molecule has 0 aliphatic heterocycles. The van der Waals surface area contributed by atoms with Gasteiger partial charge >= 0.3 is 0 Å². The smallest absolute Gasteiger partial charge is 0.160 e. The van der Waals surface area contributed by atoms with E-state index in [9.17, 15) is 5.11 Å². The van der Waals surface area contributed by atoms with E-state index in [-0.39, 0.29) is 10.8 Å². The SMILES string of the molecule is Oc1c(Cl)cc(Cl)c2ccc(CI)nc12. The normalized spacial score (nSPS) is 10.9. The molecule has 0 radical (unpaired) electrons. The zero-order valence-corrected chi connectivity index (χ0v) is 11.1. The van der Waals surface area contributed by atoms with Gasteiger partial charge < -0.3 is 5.11 Å². The topological polar surface area (TPSA) is 33.1 Å². The lowest BCUT2D eigenvalue weighted by Crippen LogP contribution is -1.87. The van der Waals surface area contributed by atoms with Crippen LogP contribution in [0.5, 0.6) is 5.75 Å². The molecule has 1 aromatic heterocycles. The van der Waals surface area contributed by atoms with E-state index in [0.717, 1.165) is 10.1 Å². The maximum Gasteiger partial charge on any atom is 0.160 e. The molecule has 1 heterocycles. The molecule has 78 valence electrons. The molecule has 2 nitrogen and oxygen atoms in total. The molecule has 0 unspecified atom stereocenters. The highest BCUT2D eigenvalue weighted by molar-refractivity contribution is 14.1. The third kappa shape index (κ3) is 2.00. The van der Waals surface area contributed by atoms with Gasteiger partial charge in [0, 0.05) is 9.81 Å². The first-order valence-corrected chi connectivity index (χ1v) is 6.44. The van der Waals surface area contributed by atoms with Crippen LogP contribution in [0.15, 0.2) is 18.2 Å². The first-order valence-electron chi connectivity index (χ1n) is 4.16. The Morgan fingerprint density at radius 3 is 2.67 bits per heavy atom. The average Bonchev–Trinajstić information content (AvgIpc) is 2.25. The molecular formula is C10H6Cl2INO. The summed E-state index contributed by atoms with van der Waals surface area (Å²) in [5.41, 5.74) is 1.35. The largest absolute Gasteiger partial charge is 0.504 e. The molecule has 5 heteroatoms. The molecule has 0 amide bonds. The number of halogens is 3. The van der Waals surface area contributed by atoms with Gasteiger partial charge in [-0.3, -0.25) is 0 Å². The number of rotatable bonds is 1. The molecule has 0 aliphatic carbocycles. The molecule has 0 saturated heterocycles. The second-order valence-electron chi connectivity index (χ2n) is 3.02. The van der Waals surface area contributed by atoms with E-state index in [2.05, 4.69) is 27.6 Å². The molecule has 15 heavy (non-hydrogen) atoms. The van der Waals surface area contributed by atoms with Crippen LogP contribution in [0.25, 0.3) is 10.9 Å². The summed E-state index contributed by atoms with van der Waals surface area (Å²) >= 11 is 14.0. The third-order valence-electron chi connectivity index (χ3n) is 2.05. The molecule has 2 aromatic rings. The number of aromatic hydroxyl groups is 1. The molecule has 0 saturated carbocycles. The minimum Gasteiger partial charge on any atom is -0.504 e. The summed E-state index contributed by atoms with van der Waals surface area (Å²) in [6.45, 7) is 0. The summed E-state index contributed by atoms with van der Waals surface area (Å²) in [4.78, 5) is 4.29. The summed E-state index contributed by atoms with van der Waals surface area (Å²) in [7, 11) is 0. The molecule has 0 bridgehead atoms. The highest BCUT2D eigenvalue weighted by atomic mass is 127. The van der Waals surface area contributed by atoms with Crippen LogP contribution < -0.4 is 0 Å². The minimum atomic E-state index is -0.0113. The number of phenols is 1. The molecule has 0 spiro atoms. The van der Waals surface area contributed by atoms with Crippen molar-refractivity contribution >= 4 is 56.7 Å². The Balaban J connectivity index is 2.85. The summed E-state index contributed by atoms with van der Waals surface area (Å²) in [5.74, 6) is -0.0113. The number of alkyl halides is 1. The van der Waals surface area contributed by atoms with E-state index in [1.165, 1.54) is 6.07 Å². The van der Waals surface area contributed by atoms with Gasteiger partial charge in [0.25, 0.3) is 0 Å². The number of pyridine rings is 1. The van der Waals surface area contributed by atoms with Crippen molar-refractivity contribution in [3.63, 3.8) is 0 Å². The van der Waals surface area contributed by atoms with Crippen LogP contribution in [0.3, 0.4) is 0 Å². The molecular weight excluding hydrogens is 348 g/mol. The van der Waals surface area contributed by atoms with Crippen molar-refractivity contribution in [3.8, 4) is 5.75 Å². The van der Waals surface area contributed by atoms with Gasteiger partial charge in [0.05, 0.1) is 15.7 Å². The number of aromatic nitrogens is 1. The van der Waals surface area contributed by atoms with E-state index in [1.807, 2.05) is 12.1 Å². The Labute approximate surface area is 110 Å². The lowest BCUT2D eigenvalue weighted by atomic mass is 10.2. The van der Waals surface area contributed by atoms with Crippen LogP contribution in [0.1, 0.15) is 5.69 Å². The van der Waals surface area contributed by atoms with Gasteiger partial charge in [-0.05, 0) is 18.2 Å². The second kappa shape index (κ2) is 4.31. The Hall–Kier alpha value is -0.260. The highest BCUT2D eigenvalue weighted by Gasteiger charge is 2.10. The van der Waals surface area contributed by atoms with E-state index < -0.39 is 0 Å². The molecule has 0 aliphatic rings. The third-order valence-corrected chi connectivity index (χ3v) is 3.43. The first kappa shape index (κ1) is 11.2. The Kier molecular flexibility index (Phi) is 3.23. The van der Waals surface area contributed by atoms with Crippen molar-refractivity contribution in [2.45, 2.75) is 4.43 Å². The molecule has 2 rings (SSSR count). The number of fused-ring (bicyclic) bond motifs is 1. The van der Waals surface area contributed by atoms with E-state index in [0.29, 0.717) is 15.9 Å². The fourth-order valence-electron chi connectivity index (χ4n) is 1.32. The monoisotopic (exact) mass is 353 g/mol. The second-order valence-corrected chi connectivity index (χ2v) is 4.60. The number of hydrogen-bond donors (Lipinski definition) is 1. The van der Waals surface area contributed by atoms with Crippen molar-refractivity contribution in [1.82, 2.24) is 4.98 Å². The van der Waals surface area contributed by atoms with Crippen molar-refractivity contribution in [2.24, 2.45) is 0 Å². The van der Waals surface area contributed by atoms with Crippen LogP contribution in [0.4, 0.5) is 0 Å². The Morgan fingerprint density at radius 1 is 1.27 bits per heavy atom. The van der Waals surface area contributed by atoms with Crippen LogP contribution in [0.2, 0.25) is 10.0 Å². The number of phenolic OH excluding ortho intramolecular Hbond substituents is 1. The van der Waals surface area contributed by atoms with Crippen LogP contribution in [-0.4, -0.2) is 10.1 Å². The summed E-state index contributed by atoms with van der Waals surface area (Å²) in [6.07, 6.45) is 0. The number of nitrogens with zero attached hydrogens (tertiary/aromatic N) is 1. The van der Waals surface area contributed by atoms with Crippen molar-refractivity contribution in [2.75, 3.05) is 0 Å². The predicted octanol–water partition coefficient (Wildman–Crippen LogP) is 4.18. The van der Waals surface area contributed by atoms with Gasteiger partial charge in [-0.1, -0.05) is 45.8 Å². The lowest BCUT2D eigenvalue weighted by molar-refractivity contribution is 0.480. The van der Waals surface area contributed by atoms with Gasteiger partial charge in [-0.2, -0.15) is 0 Å². The standard InChI is InChI=1S/C10H6Cl2INO/c11-7-3-8(12)10(15)9-6(7)2-1-5(4-13)14-9/h1-3,15H,4H2. The van der Waals surface area contributed by atoms with Crippen molar-refractivity contribution in [1.29, 1.82) is 0 Å². The van der Waals surface area contributed by atoms with Gasteiger partial charge in [0.1, 0.15) is 5.52 Å². The van der Waals surface area contributed by atoms with Crippen LogP contribution in [-0.2, 0) is 4.43 Å². The van der Waals surface area contributed by atoms with E-state index in [4.69, 9.17) is 23.2 Å². The number of hydrogen-bond acceptors (Lipinski definition) is 2.